The van der Waals surface area contributed by atoms with E-state index in [4.69, 9.17) is 26.1 Å². The quantitative estimate of drug-likeness (QED) is 0.237. The largest absolute Gasteiger partial charge is 0.481 e. The van der Waals surface area contributed by atoms with Crippen molar-refractivity contribution in [2.75, 3.05) is 25.6 Å². The lowest BCUT2D eigenvalue weighted by Crippen LogP contribution is -2.37. The summed E-state index contributed by atoms with van der Waals surface area (Å²) >= 11 is 7.09. The molecule has 1 aliphatic rings. The van der Waals surface area contributed by atoms with Crippen molar-refractivity contribution in [2.45, 2.75) is 32.4 Å². The fraction of sp³-hybridized carbons (Fsp3) is 0.294. The van der Waals surface area contributed by atoms with Crippen LogP contribution in [0.1, 0.15) is 24.0 Å². The van der Waals surface area contributed by atoms with E-state index in [1.165, 1.54) is 11.6 Å². The maximum Gasteiger partial charge on any atom is 0.330 e. The summed E-state index contributed by atoms with van der Waals surface area (Å²) < 4.78 is 13.7. The number of hydrogen-bond acceptors (Lipinski definition) is 8. The zero-order chi connectivity index (χ0) is 31.7. The zero-order valence-electron chi connectivity index (χ0n) is 25.7. The maximum atomic E-state index is 13.1. The molecule has 0 unspecified atom stereocenters. The van der Waals surface area contributed by atoms with Gasteiger partial charge in [-0.3, -0.25) is 13.9 Å². The first-order chi connectivity index (χ1) is 21.8. The number of fused-ring (bicyclic) bond motifs is 1. The van der Waals surface area contributed by atoms with Gasteiger partial charge in [-0.1, -0.05) is 48.0 Å². The van der Waals surface area contributed by atoms with Gasteiger partial charge in [0.15, 0.2) is 0 Å². The molecule has 2 aromatic carbocycles. The molecule has 3 aromatic heterocycles. The van der Waals surface area contributed by atoms with Gasteiger partial charge in [0.2, 0.25) is 5.88 Å². The normalized spacial score (nSPS) is 13.7. The monoisotopic (exact) mass is 626 g/mol. The first-order valence-electron chi connectivity index (χ1n) is 14.8. The Hall–Kier alpha value is -4.51. The van der Waals surface area contributed by atoms with E-state index in [9.17, 15) is 9.59 Å². The molecular weight excluding hydrogens is 592 g/mol. The van der Waals surface area contributed by atoms with Gasteiger partial charge in [0.05, 0.1) is 23.3 Å². The summed E-state index contributed by atoms with van der Waals surface area (Å²) in [6, 6.07) is 17.8. The first kappa shape index (κ1) is 30.5. The van der Waals surface area contributed by atoms with Crippen LogP contribution >= 0.6 is 11.6 Å². The van der Waals surface area contributed by atoms with Crippen LogP contribution in [0, 0.1) is 6.92 Å². The Morgan fingerprint density at radius 1 is 0.978 bits per heavy atom. The summed E-state index contributed by atoms with van der Waals surface area (Å²) in [5.74, 6) is 0.925. The topological polar surface area (TPSA) is 112 Å². The SMILES string of the molecule is COc1nc(-c2cccc(-c3cccc(Nc4nccc5c4c(=O)n(C)c(=O)n5C)c3C)c2Cl)ccc1CNC1CCOCC1. The van der Waals surface area contributed by atoms with Crippen LogP contribution in [0.2, 0.25) is 5.02 Å². The number of pyridine rings is 2. The van der Waals surface area contributed by atoms with Crippen molar-refractivity contribution in [2.24, 2.45) is 14.1 Å². The Morgan fingerprint density at radius 3 is 2.49 bits per heavy atom. The van der Waals surface area contributed by atoms with Crippen LogP contribution in [0.15, 0.2) is 70.4 Å². The number of rotatable bonds is 8. The predicted molar refractivity (Wildman–Crippen MR) is 178 cm³/mol. The van der Waals surface area contributed by atoms with Crippen LogP contribution in [-0.4, -0.2) is 45.5 Å². The van der Waals surface area contributed by atoms with Crippen molar-refractivity contribution in [1.82, 2.24) is 24.4 Å². The highest BCUT2D eigenvalue weighted by atomic mass is 35.5. The number of ether oxygens (including phenoxy) is 2. The third kappa shape index (κ3) is 5.84. The van der Waals surface area contributed by atoms with Crippen LogP contribution in [-0.2, 0) is 25.4 Å². The molecule has 0 bridgehead atoms. The van der Waals surface area contributed by atoms with Crippen LogP contribution in [0.3, 0.4) is 0 Å². The van der Waals surface area contributed by atoms with E-state index in [1.54, 1.807) is 26.4 Å². The van der Waals surface area contributed by atoms with Gasteiger partial charge in [0, 0.05) is 68.5 Å². The van der Waals surface area contributed by atoms with E-state index >= 15 is 0 Å². The minimum absolute atomic E-state index is 0.332. The highest BCUT2D eigenvalue weighted by molar-refractivity contribution is 6.36. The molecule has 232 valence electrons. The van der Waals surface area contributed by atoms with Gasteiger partial charge in [0.1, 0.15) is 11.2 Å². The van der Waals surface area contributed by atoms with Crippen molar-refractivity contribution in [3.05, 3.63) is 97.8 Å². The molecule has 1 fully saturated rings. The molecule has 0 radical (unpaired) electrons. The van der Waals surface area contributed by atoms with Crippen LogP contribution in [0.25, 0.3) is 33.3 Å². The molecule has 0 atom stereocenters. The molecule has 0 aliphatic carbocycles. The smallest absolute Gasteiger partial charge is 0.330 e. The molecular formula is C34H35ClN6O4. The number of aromatic nitrogens is 4. The lowest BCUT2D eigenvalue weighted by atomic mass is 9.96. The van der Waals surface area contributed by atoms with Gasteiger partial charge in [0.25, 0.3) is 5.56 Å². The predicted octanol–water partition coefficient (Wildman–Crippen LogP) is 5.34. The van der Waals surface area contributed by atoms with E-state index in [0.29, 0.717) is 45.9 Å². The Bertz CT molecular complexity index is 2020. The molecule has 4 heterocycles. The van der Waals surface area contributed by atoms with E-state index < -0.39 is 11.2 Å². The van der Waals surface area contributed by atoms with Gasteiger partial charge >= 0.3 is 5.69 Å². The fourth-order valence-corrected chi connectivity index (χ4v) is 6.16. The second-order valence-corrected chi connectivity index (χ2v) is 11.5. The second kappa shape index (κ2) is 12.8. The number of nitrogens with one attached hydrogen (secondary N) is 2. The molecule has 0 spiro atoms. The Morgan fingerprint density at radius 2 is 1.71 bits per heavy atom. The van der Waals surface area contributed by atoms with Gasteiger partial charge in [-0.2, -0.15) is 0 Å². The van der Waals surface area contributed by atoms with Crippen LogP contribution < -0.4 is 26.6 Å². The Labute approximate surface area is 265 Å². The molecule has 0 saturated carbocycles. The molecule has 1 saturated heterocycles. The number of benzene rings is 2. The van der Waals surface area contributed by atoms with E-state index in [0.717, 1.165) is 64.1 Å². The van der Waals surface area contributed by atoms with Crippen molar-refractivity contribution < 1.29 is 9.47 Å². The van der Waals surface area contributed by atoms with Crippen molar-refractivity contribution in [1.29, 1.82) is 0 Å². The summed E-state index contributed by atoms with van der Waals surface area (Å²) in [5.41, 5.74) is 5.58. The minimum atomic E-state index is -0.415. The van der Waals surface area contributed by atoms with Crippen molar-refractivity contribution >= 4 is 34.0 Å². The van der Waals surface area contributed by atoms with Crippen LogP contribution in [0.4, 0.5) is 11.5 Å². The van der Waals surface area contributed by atoms with Crippen molar-refractivity contribution in [3.8, 4) is 28.3 Å². The number of anilines is 2. The molecule has 0 amide bonds. The lowest BCUT2D eigenvalue weighted by molar-refractivity contribution is 0.0775. The zero-order valence-corrected chi connectivity index (χ0v) is 26.4. The molecule has 6 rings (SSSR count). The van der Waals surface area contributed by atoms with E-state index in [2.05, 4.69) is 15.6 Å². The number of hydrogen-bond donors (Lipinski definition) is 2. The summed E-state index contributed by atoms with van der Waals surface area (Å²) in [5, 5.41) is 7.83. The Balaban J connectivity index is 1.33. The number of aryl methyl sites for hydroxylation is 1. The third-order valence-electron chi connectivity index (χ3n) is 8.47. The maximum absolute atomic E-state index is 13.1. The molecule has 11 heteroatoms. The highest BCUT2D eigenvalue weighted by Crippen LogP contribution is 2.39. The second-order valence-electron chi connectivity index (χ2n) is 11.2. The molecule has 1 aliphatic heterocycles. The van der Waals surface area contributed by atoms with E-state index in [-0.39, 0.29) is 0 Å². The van der Waals surface area contributed by atoms with Gasteiger partial charge in [-0.15, -0.1) is 0 Å². The van der Waals surface area contributed by atoms with Crippen LogP contribution in [0.5, 0.6) is 5.88 Å². The molecule has 45 heavy (non-hydrogen) atoms. The molecule has 5 aromatic rings. The number of methoxy groups -OCH3 is 1. The first-order valence-corrected chi connectivity index (χ1v) is 15.2. The number of nitrogens with zero attached hydrogens (tertiary/aromatic N) is 4. The fourth-order valence-electron chi connectivity index (χ4n) is 5.83. The standard InChI is InChI=1S/C34H35ClN6O4/c1-20-23(7-6-10-26(20)38-31-29-28(13-16-36-31)40(2)34(43)41(3)33(29)42)24-8-5-9-25(30(24)35)27-12-11-21(32(39-27)44-4)19-37-22-14-17-45-18-15-22/h5-13,16,22,37H,14-15,17-19H2,1-4H3,(H,36,38). The van der Waals surface area contributed by atoms with Crippen molar-refractivity contribution in [3.63, 3.8) is 0 Å². The van der Waals surface area contributed by atoms with Gasteiger partial charge in [-0.25, -0.2) is 14.8 Å². The van der Waals surface area contributed by atoms with E-state index in [1.807, 2.05) is 55.5 Å². The summed E-state index contributed by atoms with van der Waals surface area (Å²) in [7, 11) is 4.73. The average molecular weight is 627 g/mol. The lowest BCUT2D eigenvalue weighted by Gasteiger charge is -2.23. The average Bonchev–Trinajstić information content (AvgIpc) is 3.07. The highest BCUT2D eigenvalue weighted by Gasteiger charge is 2.19. The third-order valence-corrected chi connectivity index (χ3v) is 8.88. The van der Waals surface area contributed by atoms with Gasteiger partial charge in [-0.05, 0) is 49.1 Å². The molecule has 2 N–H and O–H groups in total. The Kier molecular flexibility index (Phi) is 8.71. The number of halogens is 1. The molecule has 10 nitrogen and oxygen atoms in total. The minimum Gasteiger partial charge on any atom is -0.481 e. The van der Waals surface area contributed by atoms with Gasteiger partial charge < -0.3 is 20.1 Å². The summed E-state index contributed by atoms with van der Waals surface area (Å²) in [4.78, 5) is 34.9. The summed E-state index contributed by atoms with van der Waals surface area (Å²) in [6.07, 6.45) is 3.56. The summed E-state index contributed by atoms with van der Waals surface area (Å²) in [6.45, 7) is 4.20.